The lowest BCUT2D eigenvalue weighted by atomic mass is 10.3. The molecule has 11 heteroatoms. The molecule has 0 radical (unpaired) electrons. The van der Waals surface area contributed by atoms with Crippen LogP contribution in [0.15, 0.2) is 17.3 Å². The van der Waals surface area contributed by atoms with Crippen LogP contribution >= 0.6 is 0 Å². The minimum absolute atomic E-state index is 0.0741. The van der Waals surface area contributed by atoms with Crippen molar-refractivity contribution in [2.75, 3.05) is 0 Å². The van der Waals surface area contributed by atoms with Crippen molar-refractivity contribution in [2.45, 2.75) is 42.4 Å². The van der Waals surface area contributed by atoms with E-state index >= 15 is 0 Å². The molecule has 2 rings (SSSR count). The molecule has 7 nitrogen and oxygen atoms in total. The fourth-order valence-electron chi connectivity index (χ4n) is 1.70. The minimum Gasteiger partial charge on any atom is -0.481 e. The van der Waals surface area contributed by atoms with Crippen molar-refractivity contribution < 1.29 is 31.5 Å². The number of sulfonamides is 1. The van der Waals surface area contributed by atoms with Gasteiger partial charge in [0, 0.05) is 6.20 Å². The van der Waals surface area contributed by atoms with E-state index in [1.165, 1.54) is 0 Å². The van der Waals surface area contributed by atoms with Crippen LogP contribution in [0.5, 0.6) is 0 Å². The third kappa shape index (κ3) is 3.35. The van der Waals surface area contributed by atoms with E-state index in [1.807, 2.05) is 0 Å². The summed E-state index contributed by atoms with van der Waals surface area (Å²) in [4.78, 5) is 9.96. The van der Waals surface area contributed by atoms with Gasteiger partial charge in [0.2, 0.25) is 10.0 Å². The highest BCUT2D eigenvalue weighted by Gasteiger charge is 2.65. The van der Waals surface area contributed by atoms with Gasteiger partial charge in [-0.3, -0.25) is 9.48 Å². The molecule has 2 N–H and O–H groups in total. The highest BCUT2D eigenvalue weighted by atomic mass is 32.2. The summed E-state index contributed by atoms with van der Waals surface area (Å²) in [6.45, 7) is -0.0741. The van der Waals surface area contributed by atoms with Crippen LogP contribution in [0, 0.1) is 0 Å². The van der Waals surface area contributed by atoms with E-state index in [0.29, 0.717) is 0 Å². The Balaban J connectivity index is 2.12. The Hall–Kier alpha value is -1.62. The quantitative estimate of drug-likeness (QED) is 0.802. The van der Waals surface area contributed by atoms with Crippen molar-refractivity contribution in [3.05, 3.63) is 12.4 Å². The number of aromatic nitrogens is 2. The number of nitrogens with one attached hydrogen (secondary N) is 1. The zero-order chi connectivity index (χ0) is 15.9. The van der Waals surface area contributed by atoms with Gasteiger partial charge in [-0.15, -0.1) is 0 Å². The molecule has 0 amide bonds. The molecule has 0 aliphatic heterocycles. The second-order valence-corrected chi connectivity index (χ2v) is 6.45. The SMILES string of the molecule is O=C(O)CCn1cc(S(=O)(=O)NC2(C(F)(F)F)CC2)cn1. The average molecular weight is 327 g/mol. The number of rotatable bonds is 6. The summed E-state index contributed by atoms with van der Waals surface area (Å²) in [6, 6.07) is 0. The first kappa shape index (κ1) is 15.8. The van der Waals surface area contributed by atoms with Crippen molar-refractivity contribution in [1.82, 2.24) is 14.5 Å². The van der Waals surface area contributed by atoms with Crippen LogP contribution in [0.4, 0.5) is 13.2 Å². The van der Waals surface area contributed by atoms with Crippen LogP contribution in [-0.4, -0.2) is 41.0 Å². The second kappa shape index (κ2) is 4.98. The van der Waals surface area contributed by atoms with Crippen LogP contribution in [0.25, 0.3) is 0 Å². The fraction of sp³-hybridized carbons (Fsp3) is 0.600. The second-order valence-electron chi connectivity index (χ2n) is 4.77. The number of hydrogen-bond acceptors (Lipinski definition) is 4. The summed E-state index contributed by atoms with van der Waals surface area (Å²) < 4.78 is 64.7. The Morgan fingerprint density at radius 2 is 2.10 bits per heavy atom. The smallest absolute Gasteiger partial charge is 0.407 e. The summed E-state index contributed by atoms with van der Waals surface area (Å²) in [5, 5.41) is 12.1. The number of nitrogens with zero attached hydrogens (tertiary/aromatic N) is 2. The molecule has 0 atom stereocenters. The lowest BCUT2D eigenvalue weighted by Gasteiger charge is -2.19. The molecular weight excluding hydrogens is 315 g/mol. The van der Waals surface area contributed by atoms with Gasteiger partial charge in [0.25, 0.3) is 0 Å². The Morgan fingerprint density at radius 1 is 1.48 bits per heavy atom. The number of carboxylic acid groups (broad SMARTS) is 1. The number of carboxylic acids is 1. The Labute approximate surface area is 117 Å². The number of halogens is 3. The molecule has 1 fully saturated rings. The van der Waals surface area contributed by atoms with Gasteiger partial charge in [-0.1, -0.05) is 0 Å². The third-order valence-corrected chi connectivity index (χ3v) is 4.59. The van der Waals surface area contributed by atoms with E-state index in [9.17, 15) is 26.4 Å². The Morgan fingerprint density at radius 3 is 2.57 bits per heavy atom. The van der Waals surface area contributed by atoms with Crippen LogP contribution in [0.2, 0.25) is 0 Å². The maximum Gasteiger partial charge on any atom is 0.407 e. The molecule has 0 aromatic carbocycles. The summed E-state index contributed by atoms with van der Waals surface area (Å²) in [5.41, 5.74) is -2.39. The summed E-state index contributed by atoms with van der Waals surface area (Å²) in [7, 11) is -4.36. The summed E-state index contributed by atoms with van der Waals surface area (Å²) in [5.74, 6) is -1.10. The Bertz CT molecular complexity index is 649. The van der Waals surface area contributed by atoms with Gasteiger partial charge < -0.3 is 5.11 Å². The van der Waals surface area contributed by atoms with E-state index < -0.39 is 32.6 Å². The minimum atomic E-state index is -4.65. The van der Waals surface area contributed by atoms with Gasteiger partial charge in [0.15, 0.2) is 0 Å². The van der Waals surface area contributed by atoms with Crippen molar-refractivity contribution in [3.63, 3.8) is 0 Å². The molecule has 0 spiro atoms. The molecule has 1 saturated carbocycles. The average Bonchev–Trinajstić information content (AvgIpc) is 2.95. The van der Waals surface area contributed by atoms with Crippen LogP contribution in [-0.2, 0) is 21.4 Å². The van der Waals surface area contributed by atoms with Crippen molar-refractivity contribution >= 4 is 16.0 Å². The predicted octanol–water partition coefficient (Wildman–Crippen LogP) is 0.731. The Kier molecular flexibility index (Phi) is 3.74. The summed E-state index contributed by atoms with van der Waals surface area (Å²) in [6.07, 6.45) is -3.65. The topological polar surface area (TPSA) is 101 Å². The lowest BCUT2D eigenvalue weighted by Crippen LogP contribution is -2.47. The standard InChI is InChI=1S/C10H12F3N3O4S/c11-10(12,13)9(2-3-9)15-21(19,20)7-5-14-16(6-7)4-1-8(17)18/h5-6,15H,1-4H2,(H,17,18). The first-order valence-corrected chi connectivity index (χ1v) is 7.39. The number of alkyl halides is 3. The predicted molar refractivity (Wildman–Crippen MR) is 62.8 cm³/mol. The number of hydrogen-bond donors (Lipinski definition) is 2. The monoisotopic (exact) mass is 327 g/mol. The molecule has 1 aromatic rings. The van der Waals surface area contributed by atoms with E-state index in [0.717, 1.165) is 17.1 Å². The van der Waals surface area contributed by atoms with E-state index in [2.05, 4.69) is 5.10 Å². The van der Waals surface area contributed by atoms with Crippen molar-refractivity contribution in [1.29, 1.82) is 0 Å². The fourth-order valence-corrected chi connectivity index (χ4v) is 3.10. The first-order chi connectivity index (χ1) is 9.56. The van der Waals surface area contributed by atoms with Gasteiger partial charge in [-0.25, -0.2) is 8.42 Å². The molecule has 1 aromatic heterocycles. The number of carbonyl (C=O) groups is 1. The van der Waals surface area contributed by atoms with Crippen molar-refractivity contribution in [2.24, 2.45) is 0 Å². The van der Waals surface area contributed by atoms with E-state index in [4.69, 9.17) is 5.11 Å². The van der Waals surface area contributed by atoms with Gasteiger partial charge in [0.1, 0.15) is 10.4 Å². The van der Waals surface area contributed by atoms with Gasteiger partial charge >= 0.3 is 12.1 Å². The molecule has 0 saturated heterocycles. The van der Waals surface area contributed by atoms with Crippen LogP contribution in [0.3, 0.4) is 0 Å². The number of aliphatic carboxylic acids is 1. The molecule has 0 unspecified atom stereocenters. The normalized spacial score (nSPS) is 17.7. The highest BCUT2D eigenvalue weighted by Crippen LogP contribution is 2.49. The third-order valence-electron chi connectivity index (χ3n) is 3.10. The first-order valence-electron chi connectivity index (χ1n) is 5.91. The molecule has 118 valence electrons. The molecule has 0 bridgehead atoms. The van der Waals surface area contributed by atoms with Gasteiger partial charge in [0.05, 0.1) is 19.2 Å². The highest BCUT2D eigenvalue weighted by molar-refractivity contribution is 7.89. The van der Waals surface area contributed by atoms with Crippen LogP contribution in [0.1, 0.15) is 19.3 Å². The van der Waals surface area contributed by atoms with Crippen LogP contribution < -0.4 is 4.72 Å². The largest absolute Gasteiger partial charge is 0.481 e. The maximum absolute atomic E-state index is 12.7. The molecule has 1 aliphatic rings. The lowest BCUT2D eigenvalue weighted by molar-refractivity contribution is -0.160. The van der Waals surface area contributed by atoms with Gasteiger partial charge in [-0.2, -0.15) is 23.0 Å². The summed E-state index contributed by atoms with van der Waals surface area (Å²) >= 11 is 0. The van der Waals surface area contributed by atoms with Gasteiger partial charge in [-0.05, 0) is 12.8 Å². The maximum atomic E-state index is 12.7. The zero-order valence-corrected chi connectivity index (χ0v) is 11.4. The molecule has 1 heterocycles. The molecular formula is C10H12F3N3O4S. The van der Waals surface area contributed by atoms with E-state index in [-0.39, 0.29) is 25.8 Å². The zero-order valence-electron chi connectivity index (χ0n) is 10.6. The number of aryl methyl sites for hydroxylation is 1. The molecule has 1 aliphatic carbocycles. The van der Waals surface area contributed by atoms with Crippen molar-refractivity contribution in [3.8, 4) is 0 Å². The van der Waals surface area contributed by atoms with E-state index in [1.54, 1.807) is 4.72 Å². The molecule has 21 heavy (non-hydrogen) atoms.